The molecule has 1 aliphatic heterocycles. The second kappa shape index (κ2) is 5.01. The second-order valence-corrected chi connectivity index (χ2v) is 5.88. The first-order valence-corrected chi connectivity index (χ1v) is 7.34. The smallest absolute Gasteiger partial charge is 0.111 e. The number of ether oxygens (including phenoxy) is 1. The van der Waals surface area contributed by atoms with Gasteiger partial charge in [-0.15, -0.1) is 0 Å². The molecule has 1 aliphatic carbocycles. The van der Waals surface area contributed by atoms with Crippen molar-refractivity contribution in [3.63, 3.8) is 0 Å². The van der Waals surface area contributed by atoms with E-state index in [1.807, 2.05) is 6.92 Å². The molecule has 1 heterocycles. The highest BCUT2D eigenvalue weighted by atomic mass is 16.5. The lowest BCUT2D eigenvalue weighted by atomic mass is 9.82. The SMILES string of the molecule is CC(O)(C1=COCCC1)c1ccc2c(c1)CCCC2. The van der Waals surface area contributed by atoms with Crippen LogP contribution in [0.15, 0.2) is 30.0 Å². The van der Waals surface area contributed by atoms with E-state index in [-0.39, 0.29) is 0 Å². The Hall–Kier alpha value is -1.28. The van der Waals surface area contributed by atoms with Crippen LogP contribution in [0.2, 0.25) is 0 Å². The quantitative estimate of drug-likeness (QED) is 0.880. The van der Waals surface area contributed by atoms with Crippen molar-refractivity contribution >= 4 is 0 Å². The fraction of sp³-hybridized carbons (Fsp3) is 0.529. The van der Waals surface area contributed by atoms with E-state index >= 15 is 0 Å². The molecule has 1 aromatic carbocycles. The molecule has 0 saturated heterocycles. The lowest BCUT2D eigenvalue weighted by Gasteiger charge is -2.30. The Morgan fingerprint density at radius 1 is 1.05 bits per heavy atom. The van der Waals surface area contributed by atoms with Crippen LogP contribution in [-0.2, 0) is 23.2 Å². The van der Waals surface area contributed by atoms with Gasteiger partial charge in [-0.05, 0) is 67.7 Å². The maximum Gasteiger partial charge on any atom is 0.111 e. The van der Waals surface area contributed by atoms with Gasteiger partial charge < -0.3 is 9.84 Å². The molecule has 0 aromatic heterocycles. The summed E-state index contributed by atoms with van der Waals surface area (Å²) in [5.41, 5.74) is 3.98. The predicted molar refractivity (Wildman–Crippen MR) is 75.9 cm³/mol. The molecule has 0 amide bonds. The molecule has 0 spiro atoms. The summed E-state index contributed by atoms with van der Waals surface area (Å²) in [6.07, 6.45) is 8.56. The molecular formula is C17H22O2. The average Bonchev–Trinajstić information content (AvgIpc) is 2.47. The Balaban J connectivity index is 1.94. The molecule has 2 nitrogen and oxygen atoms in total. The molecule has 2 heteroatoms. The Bertz CT molecular complexity index is 500. The normalized spacial score (nSPS) is 21.9. The number of benzene rings is 1. The third-order valence-electron chi connectivity index (χ3n) is 4.47. The van der Waals surface area contributed by atoms with Gasteiger partial charge in [0.2, 0.25) is 0 Å². The minimum Gasteiger partial charge on any atom is -0.501 e. The van der Waals surface area contributed by atoms with Crippen LogP contribution >= 0.6 is 0 Å². The number of hydrogen-bond acceptors (Lipinski definition) is 2. The van der Waals surface area contributed by atoms with Crippen LogP contribution in [0.1, 0.15) is 49.3 Å². The maximum atomic E-state index is 10.9. The summed E-state index contributed by atoms with van der Waals surface area (Å²) < 4.78 is 5.38. The topological polar surface area (TPSA) is 29.5 Å². The summed E-state index contributed by atoms with van der Waals surface area (Å²) in [4.78, 5) is 0. The molecule has 102 valence electrons. The predicted octanol–water partition coefficient (Wildman–Crippen LogP) is 3.47. The first-order valence-electron chi connectivity index (χ1n) is 7.34. The molecular weight excluding hydrogens is 236 g/mol. The summed E-state index contributed by atoms with van der Waals surface area (Å²) in [6.45, 7) is 2.65. The molecule has 0 bridgehead atoms. The van der Waals surface area contributed by atoms with E-state index in [0.717, 1.165) is 37.0 Å². The first kappa shape index (κ1) is 12.7. The van der Waals surface area contributed by atoms with Crippen LogP contribution in [0.5, 0.6) is 0 Å². The van der Waals surface area contributed by atoms with E-state index in [4.69, 9.17) is 4.74 Å². The molecule has 0 fully saturated rings. The van der Waals surface area contributed by atoms with Gasteiger partial charge in [0.05, 0.1) is 12.9 Å². The van der Waals surface area contributed by atoms with Crippen molar-refractivity contribution in [1.82, 2.24) is 0 Å². The summed E-state index contributed by atoms with van der Waals surface area (Å²) in [5.74, 6) is 0. The minimum absolute atomic E-state index is 0.768. The standard InChI is InChI=1S/C17H22O2/c1-17(18,16-7-4-10-19-12-16)15-9-8-13-5-2-3-6-14(13)11-15/h8-9,11-12,18H,2-7,10H2,1H3. The minimum atomic E-state index is -0.896. The van der Waals surface area contributed by atoms with Crippen molar-refractivity contribution < 1.29 is 9.84 Å². The van der Waals surface area contributed by atoms with E-state index < -0.39 is 5.60 Å². The molecule has 19 heavy (non-hydrogen) atoms. The zero-order chi connectivity index (χ0) is 13.3. The molecule has 3 rings (SSSR count). The van der Waals surface area contributed by atoms with Gasteiger partial charge in [-0.1, -0.05) is 18.2 Å². The van der Waals surface area contributed by atoms with Crippen LogP contribution in [-0.4, -0.2) is 11.7 Å². The van der Waals surface area contributed by atoms with Crippen LogP contribution in [0.3, 0.4) is 0 Å². The highest BCUT2D eigenvalue weighted by Crippen LogP contribution is 2.35. The number of rotatable bonds is 2. The molecule has 0 radical (unpaired) electrons. The highest BCUT2D eigenvalue weighted by Gasteiger charge is 2.30. The second-order valence-electron chi connectivity index (χ2n) is 5.88. The number of fused-ring (bicyclic) bond motifs is 1. The van der Waals surface area contributed by atoms with Gasteiger partial charge >= 0.3 is 0 Å². The first-order chi connectivity index (χ1) is 9.18. The van der Waals surface area contributed by atoms with Crippen molar-refractivity contribution in [1.29, 1.82) is 0 Å². The third-order valence-corrected chi connectivity index (χ3v) is 4.47. The van der Waals surface area contributed by atoms with Gasteiger partial charge in [0.25, 0.3) is 0 Å². The summed E-state index contributed by atoms with van der Waals surface area (Å²) in [6, 6.07) is 6.48. The average molecular weight is 258 g/mol. The fourth-order valence-electron chi connectivity index (χ4n) is 3.14. The number of aliphatic hydroxyl groups is 1. The van der Waals surface area contributed by atoms with E-state index in [0.29, 0.717) is 0 Å². The Morgan fingerprint density at radius 3 is 2.58 bits per heavy atom. The number of aryl methyl sites for hydroxylation is 2. The van der Waals surface area contributed by atoms with Crippen molar-refractivity contribution in [2.75, 3.05) is 6.61 Å². The largest absolute Gasteiger partial charge is 0.501 e. The zero-order valence-electron chi connectivity index (χ0n) is 11.6. The van der Waals surface area contributed by atoms with E-state index in [2.05, 4.69) is 18.2 Å². The summed E-state index contributed by atoms with van der Waals surface area (Å²) in [5, 5.41) is 10.9. The van der Waals surface area contributed by atoms with Gasteiger partial charge in [-0.3, -0.25) is 0 Å². The molecule has 0 saturated carbocycles. The lowest BCUT2D eigenvalue weighted by molar-refractivity contribution is 0.0784. The van der Waals surface area contributed by atoms with E-state index in [1.54, 1.807) is 6.26 Å². The third kappa shape index (κ3) is 2.42. The van der Waals surface area contributed by atoms with E-state index in [9.17, 15) is 5.11 Å². The fourth-order valence-corrected chi connectivity index (χ4v) is 3.14. The van der Waals surface area contributed by atoms with Gasteiger partial charge in [0, 0.05) is 0 Å². The summed E-state index contributed by atoms with van der Waals surface area (Å²) in [7, 11) is 0. The van der Waals surface area contributed by atoms with Crippen molar-refractivity contribution in [2.24, 2.45) is 0 Å². The monoisotopic (exact) mass is 258 g/mol. The zero-order valence-corrected chi connectivity index (χ0v) is 11.6. The van der Waals surface area contributed by atoms with Gasteiger partial charge in [-0.2, -0.15) is 0 Å². The van der Waals surface area contributed by atoms with Crippen LogP contribution < -0.4 is 0 Å². The van der Waals surface area contributed by atoms with Crippen molar-refractivity contribution in [3.8, 4) is 0 Å². The van der Waals surface area contributed by atoms with Gasteiger partial charge in [-0.25, -0.2) is 0 Å². The van der Waals surface area contributed by atoms with Gasteiger partial charge in [0.15, 0.2) is 0 Å². The van der Waals surface area contributed by atoms with Crippen LogP contribution in [0, 0.1) is 0 Å². The van der Waals surface area contributed by atoms with Crippen LogP contribution in [0.25, 0.3) is 0 Å². The maximum absolute atomic E-state index is 10.9. The molecule has 1 N–H and O–H groups in total. The Morgan fingerprint density at radius 2 is 1.84 bits per heavy atom. The van der Waals surface area contributed by atoms with Crippen LogP contribution in [0.4, 0.5) is 0 Å². The summed E-state index contributed by atoms with van der Waals surface area (Å²) >= 11 is 0. The van der Waals surface area contributed by atoms with Crippen molar-refractivity contribution in [2.45, 2.75) is 51.0 Å². The molecule has 1 atom stereocenters. The van der Waals surface area contributed by atoms with Gasteiger partial charge in [0.1, 0.15) is 5.60 Å². The lowest BCUT2D eigenvalue weighted by Crippen LogP contribution is -2.26. The highest BCUT2D eigenvalue weighted by molar-refractivity contribution is 5.39. The number of hydrogen-bond donors (Lipinski definition) is 1. The Kier molecular flexibility index (Phi) is 3.36. The molecule has 1 aromatic rings. The molecule has 1 unspecified atom stereocenters. The Labute approximate surface area is 115 Å². The molecule has 2 aliphatic rings. The van der Waals surface area contributed by atoms with E-state index in [1.165, 1.54) is 30.4 Å². The van der Waals surface area contributed by atoms with Crippen molar-refractivity contribution in [3.05, 3.63) is 46.7 Å².